The highest BCUT2D eigenvalue weighted by Crippen LogP contribution is 2.36. The van der Waals surface area contributed by atoms with Crippen molar-refractivity contribution in [3.8, 4) is 11.5 Å². The molecule has 0 aromatic heterocycles. The lowest BCUT2D eigenvalue weighted by atomic mass is 9.84. The smallest absolute Gasteiger partial charge is 0.168 e. The molecule has 136 valence electrons. The quantitative estimate of drug-likeness (QED) is 0.916. The molecule has 2 aliphatic rings. The molecule has 1 fully saturated rings. The van der Waals surface area contributed by atoms with Crippen molar-refractivity contribution >= 4 is 6.08 Å². The Balaban J connectivity index is 1.41. The van der Waals surface area contributed by atoms with Gasteiger partial charge in [-0.05, 0) is 36.1 Å². The molecule has 1 N–H and O–H groups in total. The van der Waals surface area contributed by atoms with Gasteiger partial charge in [0.2, 0.25) is 0 Å². The second-order valence-corrected chi connectivity index (χ2v) is 7.14. The highest BCUT2D eigenvalue weighted by Gasteiger charge is 2.34. The lowest BCUT2D eigenvalue weighted by molar-refractivity contribution is -0.0241. The predicted octanol–water partition coefficient (Wildman–Crippen LogP) is 3.45. The van der Waals surface area contributed by atoms with Gasteiger partial charge in [0.1, 0.15) is 6.61 Å². The van der Waals surface area contributed by atoms with Gasteiger partial charge in [0.05, 0.1) is 12.7 Å². The molecule has 0 unspecified atom stereocenters. The molecule has 0 saturated carbocycles. The number of fused-ring (bicyclic) bond motifs is 1. The average Bonchev–Trinajstić information content (AvgIpc) is 2.70. The summed E-state index contributed by atoms with van der Waals surface area (Å²) in [7, 11) is 1.67. The van der Waals surface area contributed by atoms with Crippen LogP contribution in [0.4, 0.5) is 0 Å². The molecule has 26 heavy (non-hydrogen) atoms. The Bertz CT molecular complexity index is 792. The van der Waals surface area contributed by atoms with E-state index in [9.17, 15) is 5.11 Å². The van der Waals surface area contributed by atoms with E-state index in [2.05, 4.69) is 17.0 Å². The van der Waals surface area contributed by atoms with Crippen LogP contribution in [0.2, 0.25) is 0 Å². The van der Waals surface area contributed by atoms with Gasteiger partial charge in [0.25, 0.3) is 0 Å². The molecule has 2 aromatic carbocycles. The van der Waals surface area contributed by atoms with E-state index in [1.54, 1.807) is 7.11 Å². The van der Waals surface area contributed by atoms with Gasteiger partial charge in [-0.15, -0.1) is 0 Å². The number of hydrogen-bond acceptors (Lipinski definition) is 4. The molecule has 0 aliphatic carbocycles. The first-order valence-corrected chi connectivity index (χ1v) is 9.17. The average molecular weight is 351 g/mol. The molecule has 4 rings (SSSR count). The van der Waals surface area contributed by atoms with Crippen LogP contribution in [0.15, 0.2) is 54.1 Å². The highest BCUT2D eigenvalue weighted by molar-refractivity contribution is 5.66. The molecular formula is C22H25NO3. The van der Waals surface area contributed by atoms with Gasteiger partial charge in [0.15, 0.2) is 11.5 Å². The van der Waals surface area contributed by atoms with Crippen molar-refractivity contribution in [2.24, 2.45) is 0 Å². The van der Waals surface area contributed by atoms with Crippen LogP contribution in [0, 0.1) is 0 Å². The lowest BCUT2D eigenvalue weighted by Gasteiger charge is -2.39. The van der Waals surface area contributed by atoms with Crippen LogP contribution < -0.4 is 9.47 Å². The molecule has 4 heteroatoms. The van der Waals surface area contributed by atoms with Crippen LogP contribution in [0.1, 0.15) is 24.0 Å². The van der Waals surface area contributed by atoms with Gasteiger partial charge < -0.3 is 14.6 Å². The molecule has 2 heterocycles. The maximum atomic E-state index is 11.0. The monoisotopic (exact) mass is 351 g/mol. The van der Waals surface area contributed by atoms with E-state index in [0.29, 0.717) is 6.61 Å². The molecular weight excluding hydrogens is 326 g/mol. The van der Waals surface area contributed by atoms with Gasteiger partial charge >= 0.3 is 0 Å². The summed E-state index contributed by atoms with van der Waals surface area (Å²) < 4.78 is 11.3. The van der Waals surface area contributed by atoms with Crippen molar-refractivity contribution in [2.75, 3.05) is 33.4 Å². The number of para-hydroxylation sites is 1. The van der Waals surface area contributed by atoms with E-state index in [1.165, 1.54) is 5.57 Å². The third-order valence-corrected chi connectivity index (χ3v) is 5.41. The van der Waals surface area contributed by atoms with E-state index in [1.807, 2.05) is 42.5 Å². The van der Waals surface area contributed by atoms with E-state index in [0.717, 1.165) is 55.1 Å². The molecule has 0 bridgehead atoms. The number of aliphatic hydroxyl groups is 1. The van der Waals surface area contributed by atoms with Crippen LogP contribution in [0.25, 0.3) is 6.08 Å². The van der Waals surface area contributed by atoms with Gasteiger partial charge in [-0.2, -0.15) is 0 Å². The third kappa shape index (κ3) is 3.35. The number of rotatable bonds is 4. The lowest BCUT2D eigenvalue weighted by Crippen LogP contribution is -2.43. The molecule has 0 spiro atoms. The Kier molecular flexibility index (Phi) is 4.70. The van der Waals surface area contributed by atoms with Crippen molar-refractivity contribution in [1.29, 1.82) is 0 Å². The third-order valence-electron chi connectivity index (χ3n) is 5.41. The summed E-state index contributed by atoms with van der Waals surface area (Å²) in [4.78, 5) is 2.40. The van der Waals surface area contributed by atoms with E-state index in [-0.39, 0.29) is 0 Å². The maximum absolute atomic E-state index is 11.0. The first kappa shape index (κ1) is 17.1. The molecule has 0 atom stereocenters. The summed E-state index contributed by atoms with van der Waals surface area (Å²) in [5.74, 6) is 1.61. The minimum atomic E-state index is -0.699. The Morgan fingerprint density at radius 3 is 2.58 bits per heavy atom. The summed E-state index contributed by atoms with van der Waals surface area (Å²) >= 11 is 0. The van der Waals surface area contributed by atoms with Gasteiger partial charge in [-0.1, -0.05) is 42.5 Å². The van der Waals surface area contributed by atoms with E-state index < -0.39 is 5.60 Å². The molecule has 2 aliphatic heterocycles. The van der Waals surface area contributed by atoms with Crippen LogP contribution in [0.5, 0.6) is 11.5 Å². The fraction of sp³-hybridized carbons (Fsp3) is 0.364. The Hall–Kier alpha value is -2.30. The normalized spacial score (nSPS) is 19.2. The first-order valence-electron chi connectivity index (χ1n) is 9.17. The topological polar surface area (TPSA) is 41.9 Å². The standard InChI is InChI=1S/C22H25NO3/c1-25-20-9-5-6-18-14-17(16-26-21(18)20)15-23-12-10-22(24,11-13-23)19-7-3-2-4-8-19/h2-9,14,24H,10-13,15-16H2,1H3. The van der Waals surface area contributed by atoms with E-state index >= 15 is 0 Å². The summed E-state index contributed by atoms with van der Waals surface area (Å²) in [6.07, 6.45) is 3.73. The van der Waals surface area contributed by atoms with Crippen LogP contribution in [-0.4, -0.2) is 43.4 Å². The van der Waals surface area contributed by atoms with Crippen LogP contribution in [-0.2, 0) is 5.60 Å². The summed E-state index contributed by atoms with van der Waals surface area (Å²) in [5.41, 5.74) is 2.66. The van der Waals surface area contributed by atoms with Crippen molar-refractivity contribution in [3.05, 3.63) is 65.2 Å². The second-order valence-electron chi connectivity index (χ2n) is 7.14. The van der Waals surface area contributed by atoms with Crippen LogP contribution >= 0.6 is 0 Å². The summed E-state index contributed by atoms with van der Waals surface area (Å²) in [5, 5.41) is 11.0. The number of likely N-dealkylation sites (tertiary alicyclic amines) is 1. The van der Waals surface area contributed by atoms with Crippen LogP contribution in [0.3, 0.4) is 0 Å². The number of methoxy groups -OCH3 is 1. The molecule has 2 aromatic rings. The minimum Gasteiger partial charge on any atom is -0.493 e. The number of benzene rings is 2. The van der Waals surface area contributed by atoms with Crippen molar-refractivity contribution in [3.63, 3.8) is 0 Å². The van der Waals surface area contributed by atoms with Crippen molar-refractivity contribution in [1.82, 2.24) is 4.90 Å². The van der Waals surface area contributed by atoms with Crippen molar-refractivity contribution in [2.45, 2.75) is 18.4 Å². The largest absolute Gasteiger partial charge is 0.493 e. The fourth-order valence-corrected chi connectivity index (χ4v) is 3.88. The summed E-state index contributed by atoms with van der Waals surface area (Å²) in [6, 6.07) is 16.0. The summed E-state index contributed by atoms with van der Waals surface area (Å²) in [6.45, 7) is 3.23. The van der Waals surface area contributed by atoms with Crippen molar-refractivity contribution < 1.29 is 14.6 Å². The molecule has 0 amide bonds. The zero-order valence-corrected chi connectivity index (χ0v) is 15.1. The number of nitrogens with zero attached hydrogens (tertiary/aromatic N) is 1. The number of piperidine rings is 1. The SMILES string of the molecule is COc1cccc2c1OCC(CN1CCC(O)(c3ccccc3)CC1)=C2. The van der Waals surface area contributed by atoms with Gasteiger partial charge in [-0.3, -0.25) is 4.90 Å². The zero-order valence-electron chi connectivity index (χ0n) is 15.1. The first-order chi connectivity index (χ1) is 12.7. The zero-order chi connectivity index (χ0) is 18.0. The Morgan fingerprint density at radius 2 is 1.85 bits per heavy atom. The number of hydrogen-bond donors (Lipinski definition) is 1. The highest BCUT2D eigenvalue weighted by atomic mass is 16.5. The molecule has 1 saturated heterocycles. The van der Waals surface area contributed by atoms with Gasteiger partial charge in [0, 0.05) is 25.2 Å². The second kappa shape index (κ2) is 7.14. The fourth-order valence-electron chi connectivity index (χ4n) is 3.88. The Morgan fingerprint density at radius 1 is 1.08 bits per heavy atom. The number of ether oxygens (including phenoxy) is 2. The Labute approximate surface area is 154 Å². The maximum Gasteiger partial charge on any atom is 0.168 e. The molecule has 4 nitrogen and oxygen atoms in total. The minimum absolute atomic E-state index is 0.590. The van der Waals surface area contributed by atoms with E-state index in [4.69, 9.17) is 9.47 Å². The van der Waals surface area contributed by atoms with Gasteiger partial charge in [-0.25, -0.2) is 0 Å². The predicted molar refractivity (Wildman–Crippen MR) is 102 cm³/mol. The molecule has 0 radical (unpaired) electrons.